The van der Waals surface area contributed by atoms with E-state index in [1.807, 2.05) is 38.1 Å². The summed E-state index contributed by atoms with van der Waals surface area (Å²) >= 11 is 0. The summed E-state index contributed by atoms with van der Waals surface area (Å²) < 4.78 is 0. The number of carbonyl (C=O) groups is 2. The minimum absolute atomic E-state index is 0. The summed E-state index contributed by atoms with van der Waals surface area (Å²) in [6.45, 7) is 19.3. The van der Waals surface area contributed by atoms with E-state index in [0.717, 1.165) is 47.2 Å². The van der Waals surface area contributed by atoms with Crippen LogP contribution < -0.4 is 0 Å². The monoisotopic (exact) mass is 712 g/mol. The van der Waals surface area contributed by atoms with Crippen LogP contribution in [0.25, 0.3) is 21.3 Å². The molecule has 0 atom stereocenters. The number of fused-ring (bicyclic) bond motifs is 4. The van der Waals surface area contributed by atoms with E-state index in [9.17, 15) is 10.2 Å². The Morgan fingerprint density at radius 2 is 0.750 bits per heavy atom. The first-order valence-electron chi connectivity index (χ1n) is 14.0. The first-order chi connectivity index (χ1) is 19.4. The van der Waals surface area contributed by atoms with E-state index in [1.165, 1.54) is 0 Å². The van der Waals surface area contributed by atoms with Crippen LogP contribution in [-0.2, 0) is 74.7 Å². The van der Waals surface area contributed by atoms with E-state index in [2.05, 4.69) is 27.7 Å². The number of phenolic OH excluding ortho intramolecular Hbond substituents is 2. The standard InChI is InChI=1S/C28H40N4O2.2C2H4O2.2Zn/c1-19-7-21-11-29-15-27(3,4)17-31-13-23-9-20(2)10-24(26(23)34)14-32-18-28(5,6)16-30-12-22(8-19)25(21)33;2*1-2(3)4;;/h7-10,33-34H,11-18H2,1-6H3;2*1H3,(H,3,4);;/q-4;;;2*+2. The fraction of sp³-hybridized carbons (Fsp3) is 0.562. The van der Waals surface area contributed by atoms with E-state index in [0.29, 0.717) is 63.9 Å². The minimum Gasteiger partial charge on any atom is -0.658 e. The maximum Gasteiger partial charge on any atom is 2.00 e. The van der Waals surface area contributed by atoms with Crippen LogP contribution in [0, 0.1) is 24.7 Å². The van der Waals surface area contributed by atoms with E-state index in [4.69, 9.17) is 41.1 Å². The van der Waals surface area contributed by atoms with Crippen molar-refractivity contribution in [3.63, 3.8) is 0 Å². The van der Waals surface area contributed by atoms with E-state index < -0.39 is 11.9 Å². The van der Waals surface area contributed by atoms with Crippen molar-refractivity contribution < 1.29 is 69.0 Å². The van der Waals surface area contributed by atoms with E-state index in [1.54, 1.807) is 0 Å². The number of benzene rings is 2. The second-order valence-electron chi connectivity index (χ2n) is 12.4. The molecule has 0 unspecified atom stereocenters. The number of phenols is 2. The van der Waals surface area contributed by atoms with Crippen LogP contribution in [0.3, 0.4) is 0 Å². The number of hydrogen-bond donors (Lipinski definition) is 4. The van der Waals surface area contributed by atoms with E-state index in [-0.39, 0.29) is 49.8 Å². The Kier molecular flexibility index (Phi) is 21.1. The molecular formula is C32H48N4O6Zn2. The van der Waals surface area contributed by atoms with Crippen molar-refractivity contribution in [1.29, 1.82) is 0 Å². The van der Waals surface area contributed by atoms with Gasteiger partial charge in [0.15, 0.2) is 0 Å². The van der Waals surface area contributed by atoms with Gasteiger partial charge < -0.3 is 41.7 Å². The number of carboxylic acids is 2. The summed E-state index contributed by atoms with van der Waals surface area (Å²) in [5, 5.41) is 55.5. The summed E-state index contributed by atoms with van der Waals surface area (Å²) in [6.07, 6.45) is 0. The summed E-state index contributed by atoms with van der Waals surface area (Å²) in [5.41, 5.74) is 5.38. The van der Waals surface area contributed by atoms with Crippen molar-refractivity contribution in [2.24, 2.45) is 10.8 Å². The molecule has 1 aliphatic heterocycles. The molecule has 0 aliphatic carbocycles. The zero-order valence-corrected chi connectivity index (χ0v) is 33.7. The Balaban J connectivity index is 0. The first-order valence-corrected chi connectivity index (χ1v) is 14.0. The molecule has 0 saturated carbocycles. The zero-order valence-electron chi connectivity index (χ0n) is 27.8. The summed E-state index contributed by atoms with van der Waals surface area (Å²) in [6, 6.07) is 8.03. The third kappa shape index (κ3) is 18.1. The second-order valence-corrected chi connectivity index (χ2v) is 12.4. The average molecular weight is 716 g/mol. The Bertz CT molecular complexity index is 1030. The molecule has 0 radical (unpaired) electrons. The molecule has 1 aliphatic rings. The van der Waals surface area contributed by atoms with Gasteiger partial charge in [-0.15, -0.1) is 52.4 Å². The quantitative estimate of drug-likeness (QED) is 0.211. The van der Waals surface area contributed by atoms with E-state index >= 15 is 0 Å². The van der Waals surface area contributed by atoms with Gasteiger partial charge in [-0.2, -0.15) is 0 Å². The van der Waals surface area contributed by atoms with Crippen LogP contribution in [0.5, 0.6) is 11.5 Å². The van der Waals surface area contributed by atoms with Crippen LogP contribution >= 0.6 is 0 Å². The minimum atomic E-state index is -0.833. The summed E-state index contributed by atoms with van der Waals surface area (Å²) in [7, 11) is 0. The summed E-state index contributed by atoms with van der Waals surface area (Å²) in [4.78, 5) is 18.0. The molecule has 0 spiro atoms. The largest absolute Gasteiger partial charge is 2.00 e. The maximum atomic E-state index is 10.8. The molecule has 3 rings (SSSR count). The SMILES string of the molecule is CC(=O)O.CC(=O)O.Cc1cc2c(O)c(c1)C[N-]CC(C)(C)C[N-]Cc1cc(C)cc(c1O)C[N-]CC(C)(C)C[N-]C2.[Zn+2].[Zn+2]. The molecule has 2 aromatic carbocycles. The van der Waals surface area contributed by atoms with Gasteiger partial charge >= 0.3 is 39.0 Å². The number of rotatable bonds is 0. The Morgan fingerprint density at radius 1 is 0.568 bits per heavy atom. The molecule has 0 aromatic heterocycles. The van der Waals surface area contributed by atoms with Crippen molar-refractivity contribution in [2.45, 2.75) is 81.6 Å². The first kappa shape index (κ1) is 44.2. The average Bonchev–Trinajstić information content (AvgIpc) is 2.82. The molecule has 4 N–H and O–H groups in total. The van der Waals surface area contributed by atoms with Gasteiger partial charge in [0, 0.05) is 13.8 Å². The molecule has 0 saturated heterocycles. The van der Waals surface area contributed by atoms with Crippen LogP contribution in [0.2, 0.25) is 0 Å². The van der Waals surface area contributed by atoms with Crippen molar-refractivity contribution in [3.8, 4) is 11.5 Å². The third-order valence-corrected chi connectivity index (χ3v) is 6.11. The predicted octanol–water partition coefficient (Wildman–Crippen LogP) is 7.15. The zero-order chi connectivity index (χ0) is 32.1. The van der Waals surface area contributed by atoms with Crippen LogP contribution in [0.15, 0.2) is 24.3 Å². The van der Waals surface area contributed by atoms with Crippen molar-refractivity contribution in [2.75, 3.05) is 26.2 Å². The maximum absolute atomic E-state index is 10.8. The molecular weight excluding hydrogens is 667 g/mol. The Labute approximate surface area is 288 Å². The van der Waals surface area contributed by atoms with Crippen LogP contribution in [0.4, 0.5) is 0 Å². The number of nitrogens with zero attached hydrogens (tertiary/aromatic N) is 4. The smallest absolute Gasteiger partial charge is 0.658 e. The fourth-order valence-corrected chi connectivity index (χ4v) is 4.37. The van der Waals surface area contributed by atoms with Crippen molar-refractivity contribution >= 4 is 11.9 Å². The number of hydrogen-bond acceptors (Lipinski definition) is 4. The van der Waals surface area contributed by atoms with Gasteiger partial charge in [0.05, 0.1) is 0 Å². The molecule has 0 fully saturated rings. The van der Waals surface area contributed by atoms with Gasteiger partial charge in [0.1, 0.15) is 11.5 Å². The van der Waals surface area contributed by atoms with Gasteiger partial charge in [-0.05, 0) is 36.1 Å². The number of aryl methyl sites for hydroxylation is 2. The normalized spacial score (nSPS) is 16.5. The topological polar surface area (TPSA) is 171 Å². The fourth-order valence-electron chi connectivity index (χ4n) is 4.37. The van der Waals surface area contributed by atoms with Gasteiger partial charge in [-0.1, -0.05) is 73.9 Å². The molecule has 236 valence electrons. The van der Waals surface area contributed by atoms with Gasteiger partial charge in [-0.25, -0.2) is 0 Å². The van der Waals surface area contributed by atoms with Gasteiger partial charge in [0.25, 0.3) is 11.9 Å². The molecule has 4 bridgehead atoms. The van der Waals surface area contributed by atoms with Crippen molar-refractivity contribution in [3.05, 3.63) is 78.9 Å². The molecule has 12 heteroatoms. The molecule has 2 aromatic rings. The molecule has 10 nitrogen and oxygen atoms in total. The predicted molar refractivity (Wildman–Crippen MR) is 168 cm³/mol. The Morgan fingerprint density at radius 3 is 0.932 bits per heavy atom. The number of aromatic hydroxyl groups is 2. The third-order valence-electron chi connectivity index (χ3n) is 6.11. The van der Waals surface area contributed by atoms with Gasteiger partial charge in [0.2, 0.25) is 0 Å². The van der Waals surface area contributed by atoms with Crippen LogP contribution in [0.1, 0.15) is 74.9 Å². The number of aliphatic carboxylic acids is 2. The van der Waals surface area contributed by atoms with Crippen LogP contribution in [-0.4, -0.2) is 58.5 Å². The molecule has 1 heterocycles. The molecule has 0 amide bonds. The Hall–Kier alpha value is -1.93. The second kappa shape index (κ2) is 21.0. The van der Waals surface area contributed by atoms with Crippen molar-refractivity contribution in [1.82, 2.24) is 0 Å². The summed E-state index contributed by atoms with van der Waals surface area (Å²) in [5.74, 6) is -1.05. The van der Waals surface area contributed by atoms with Gasteiger partial charge in [-0.3, -0.25) is 9.59 Å². The molecule has 44 heavy (non-hydrogen) atoms. The number of carboxylic acid groups (broad SMARTS) is 2.